The van der Waals surface area contributed by atoms with Gasteiger partial charge in [0.15, 0.2) is 0 Å². The number of fused-ring (bicyclic) bond motifs is 1. The lowest BCUT2D eigenvalue weighted by molar-refractivity contribution is 0.280. The zero-order valence-corrected chi connectivity index (χ0v) is 12.0. The van der Waals surface area contributed by atoms with Crippen LogP contribution in [0.25, 0.3) is 10.9 Å². The number of hydrogen-bond acceptors (Lipinski definition) is 3. The SMILES string of the molecule is CCn1nc(COc2ccc(CO)cc2)c2ccccc21. The minimum atomic E-state index is 0.0474. The minimum Gasteiger partial charge on any atom is -0.487 e. The van der Waals surface area contributed by atoms with E-state index in [4.69, 9.17) is 9.84 Å². The number of aliphatic hydroxyl groups is 1. The van der Waals surface area contributed by atoms with Crippen molar-refractivity contribution in [2.45, 2.75) is 26.7 Å². The molecule has 108 valence electrons. The molecule has 4 nitrogen and oxygen atoms in total. The molecule has 4 heteroatoms. The van der Waals surface area contributed by atoms with Crippen LogP contribution in [-0.4, -0.2) is 14.9 Å². The predicted octanol–water partition coefficient (Wildman–Crippen LogP) is 3.13. The third kappa shape index (κ3) is 2.76. The van der Waals surface area contributed by atoms with Gasteiger partial charge in [0.25, 0.3) is 0 Å². The van der Waals surface area contributed by atoms with Gasteiger partial charge in [0.2, 0.25) is 0 Å². The Morgan fingerprint density at radius 2 is 1.86 bits per heavy atom. The quantitative estimate of drug-likeness (QED) is 0.782. The molecule has 0 aliphatic rings. The van der Waals surface area contributed by atoms with E-state index in [0.717, 1.165) is 34.5 Å². The number of hydrogen-bond donors (Lipinski definition) is 1. The van der Waals surface area contributed by atoms with Crippen LogP contribution >= 0.6 is 0 Å². The maximum absolute atomic E-state index is 9.03. The lowest BCUT2D eigenvalue weighted by Gasteiger charge is -2.05. The first kappa shape index (κ1) is 13.6. The molecule has 0 saturated heterocycles. The van der Waals surface area contributed by atoms with Gasteiger partial charge in [-0.2, -0.15) is 5.10 Å². The van der Waals surface area contributed by atoms with Crippen molar-refractivity contribution in [2.24, 2.45) is 0 Å². The first-order valence-corrected chi connectivity index (χ1v) is 7.09. The zero-order valence-electron chi connectivity index (χ0n) is 12.0. The van der Waals surface area contributed by atoms with E-state index in [1.54, 1.807) is 0 Å². The van der Waals surface area contributed by atoms with Crippen molar-refractivity contribution in [3.05, 3.63) is 59.8 Å². The fraction of sp³-hybridized carbons (Fsp3) is 0.235. The second kappa shape index (κ2) is 5.97. The van der Waals surface area contributed by atoms with E-state index >= 15 is 0 Å². The summed E-state index contributed by atoms with van der Waals surface area (Å²) in [6, 6.07) is 15.6. The van der Waals surface area contributed by atoms with Gasteiger partial charge in [-0.1, -0.05) is 30.3 Å². The molecule has 0 spiro atoms. The zero-order chi connectivity index (χ0) is 14.7. The van der Waals surface area contributed by atoms with E-state index < -0.39 is 0 Å². The third-order valence-corrected chi connectivity index (χ3v) is 3.52. The smallest absolute Gasteiger partial charge is 0.133 e. The van der Waals surface area contributed by atoms with Crippen LogP contribution in [0.1, 0.15) is 18.2 Å². The molecule has 0 amide bonds. The normalized spacial score (nSPS) is 11.0. The molecular weight excluding hydrogens is 264 g/mol. The highest BCUT2D eigenvalue weighted by molar-refractivity contribution is 5.81. The summed E-state index contributed by atoms with van der Waals surface area (Å²) in [5, 5.41) is 14.8. The maximum atomic E-state index is 9.03. The number of aliphatic hydroxyl groups excluding tert-OH is 1. The summed E-state index contributed by atoms with van der Waals surface area (Å²) in [6.45, 7) is 3.40. The highest BCUT2D eigenvalue weighted by atomic mass is 16.5. The van der Waals surface area contributed by atoms with Gasteiger partial charge in [0.1, 0.15) is 18.1 Å². The van der Waals surface area contributed by atoms with Crippen LogP contribution in [0, 0.1) is 0 Å². The monoisotopic (exact) mass is 282 g/mol. The van der Waals surface area contributed by atoms with Crippen molar-refractivity contribution in [1.82, 2.24) is 9.78 Å². The van der Waals surface area contributed by atoms with Crippen LogP contribution in [0.4, 0.5) is 0 Å². The van der Waals surface area contributed by atoms with Crippen LogP contribution in [-0.2, 0) is 19.8 Å². The van der Waals surface area contributed by atoms with Crippen molar-refractivity contribution < 1.29 is 9.84 Å². The Kier molecular flexibility index (Phi) is 3.88. The Labute approximate surface area is 123 Å². The topological polar surface area (TPSA) is 47.3 Å². The fourth-order valence-electron chi connectivity index (χ4n) is 2.39. The van der Waals surface area contributed by atoms with Gasteiger partial charge in [-0.15, -0.1) is 0 Å². The molecule has 2 aromatic carbocycles. The van der Waals surface area contributed by atoms with E-state index in [1.165, 1.54) is 0 Å². The van der Waals surface area contributed by atoms with Gasteiger partial charge in [-0.05, 0) is 30.7 Å². The molecule has 0 saturated carbocycles. The first-order valence-electron chi connectivity index (χ1n) is 7.09. The number of aryl methyl sites for hydroxylation is 1. The van der Waals surface area contributed by atoms with Crippen molar-refractivity contribution in [1.29, 1.82) is 0 Å². The first-order chi connectivity index (χ1) is 10.3. The lowest BCUT2D eigenvalue weighted by Crippen LogP contribution is -2.00. The van der Waals surface area contributed by atoms with E-state index in [-0.39, 0.29) is 6.61 Å². The minimum absolute atomic E-state index is 0.0474. The molecule has 0 radical (unpaired) electrons. The van der Waals surface area contributed by atoms with E-state index in [0.29, 0.717) is 6.61 Å². The molecule has 21 heavy (non-hydrogen) atoms. The van der Waals surface area contributed by atoms with Gasteiger partial charge in [-0.3, -0.25) is 4.68 Å². The Morgan fingerprint density at radius 1 is 1.10 bits per heavy atom. The molecular formula is C17H18N2O2. The van der Waals surface area contributed by atoms with Crippen LogP contribution in [0.2, 0.25) is 0 Å². The summed E-state index contributed by atoms with van der Waals surface area (Å²) < 4.78 is 7.79. The Bertz CT molecular complexity index is 732. The number of benzene rings is 2. The number of ether oxygens (including phenoxy) is 1. The Balaban J connectivity index is 1.81. The van der Waals surface area contributed by atoms with Gasteiger partial charge >= 0.3 is 0 Å². The molecule has 3 rings (SSSR count). The number of para-hydroxylation sites is 1. The van der Waals surface area contributed by atoms with Gasteiger partial charge in [0.05, 0.1) is 12.1 Å². The van der Waals surface area contributed by atoms with Crippen LogP contribution < -0.4 is 4.74 Å². The van der Waals surface area contributed by atoms with Crippen LogP contribution in [0.5, 0.6) is 5.75 Å². The van der Waals surface area contributed by atoms with E-state index in [9.17, 15) is 0 Å². The van der Waals surface area contributed by atoms with Crippen LogP contribution in [0.3, 0.4) is 0 Å². The molecule has 1 aromatic heterocycles. The van der Waals surface area contributed by atoms with Gasteiger partial charge in [0, 0.05) is 11.9 Å². The lowest BCUT2D eigenvalue weighted by atomic mass is 10.2. The second-order valence-electron chi connectivity index (χ2n) is 4.87. The van der Waals surface area contributed by atoms with E-state index in [1.807, 2.05) is 41.1 Å². The Hall–Kier alpha value is -2.33. The summed E-state index contributed by atoms with van der Waals surface area (Å²) in [4.78, 5) is 0. The standard InChI is InChI=1S/C17H18N2O2/c1-2-19-17-6-4-3-5-15(17)16(18-19)12-21-14-9-7-13(11-20)8-10-14/h3-10,20H,2,11-12H2,1H3. The number of aromatic nitrogens is 2. The second-order valence-corrected chi connectivity index (χ2v) is 4.87. The number of rotatable bonds is 5. The predicted molar refractivity (Wildman–Crippen MR) is 82.1 cm³/mol. The highest BCUT2D eigenvalue weighted by Gasteiger charge is 2.09. The van der Waals surface area contributed by atoms with Crippen LogP contribution in [0.15, 0.2) is 48.5 Å². The molecule has 0 unspecified atom stereocenters. The molecule has 0 aliphatic carbocycles. The van der Waals surface area contributed by atoms with Gasteiger partial charge in [-0.25, -0.2) is 0 Å². The summed E-state index contributed by atoms with van der Waals surface area (Å²) in [6.07, 6.45) is 0. The summed E-state index contributed by atoms with van der Waals surface area (Å²) >= 11 is 0. The molecule has 0 fully saturated rings. The molecule has 0 aliphatic heterocycles. The summed E-state index contributed by atoms with van der Waals surface area (Å²) in [5.41, 5.74) is 2.95. The molecule has 1 N–H and O–H groups in total. The van der Waals surface area contributed by atoms with Crippen molar-refractivity contribution in [3.63, 3.8) is 0 Å². The Morgan fingerprint density at radius 3 is 2.57 bits per heavy atom. The molecule has 0 atom stereocenters. The fourth-order valence-corrected chi connectivity index (χ4v) is 2.39. The third-order valence-electron chi connectivity index (χ3n) is 3.52. The molecule has 1 heterocycles. The summed E-state index contributed by atoms with van der Waals surface area (Å²) in [7, 11) is 0. The highest BCUT2D eigenvalue weighted by Crippen LogP contribution is 2.20. The number of nitrogens with zero attached hydrogens (tertiary/aromatic N) is 2. The average Bonchev–Trinajstić information content (AvgIpc) is 2.91. The maximum Gasteiger partial charge on any atom is 0.133 e. The van der Waals surface area contributed by atoms with Crippen molar-refractivity contribution >= 4 is 10.9 Å². The molecule has 0 bridgehead atoms. The summed E-state index contributed by atoms with van der Waals surface area (Å²) in [5.74, 6) is 0.780. The van der Waals surface area contributed by atoms with Gasteiger partial charge < -0.3 is 9.84 Å². The largest absolute Gasteiger partial charge is 0.487 e. The molecule has 3 aromatic rings. The average molecular weight is 282 g/mol. The van der Waals surface area contributed by atoms with Crippen molar-refractivity contribution in [3.8, 4) is 5.75 Å². The van der Waals surface area contributed by atoms with Crippen molar-refractivity contribution in [2.75, 3.05) is 0 Å². The van der Waals surface area contributed by atoms with E-state index in [2.05, 4.69) is 24.2 Å².